The van der Waals surface area contributed by atoms with Crippen molar-refractivity contribution in [1.29, 1.82) is 0 Å². The first-order chi connectivity index (χ1) is 15.6. The number of guanidine groups is 1. The zero-order valence-corrected chi connectivity index (χ0v) is 18.2. The monoisotopic (exact) mass is 441 g/mol. The van der Waals surface area contributed by atoms with Crippen molar-refractivity contribution < 1.29 is 18.7 Å². The third kappa shape index (κ3) is 5.34. The number of nitrogens with one attached hydrogen (secondary N) is 1. The van der Waals surface area contributed by atoms with Crippen LogP contribution in [0.25, 0.3) is 0 Å². The molecule has 1 unspecified atom stereocenters. The number of aliphatic imine (C=N–C) groups is 1. The van der Waals surface area contributed by atoms with Gasteiger partial charge in [-0.3, -0.25) is 14.8 Å². The predicted molar refractivity (Wildman–Crippen MR) is 118 cm³/mol. The van der Waals surface area contributed by atoms with E-state index in [0.717, 1.165) is 24.4 Å². The van der Waals surface area contributed by atoms with Gasteiger partial charge in [0.1, 0.15) is 11.9 Å². The smallest absolute Gasteiger partial charge is 0.251 e. The lowest BCUT2D eigenvalue weighted by molar-refractivity contribution is -0.142. The molecule has 0 bridgehead atoms. The van der Waals surface area contributed by atoms with Crippen LogP contribution in [0.1, 0.15) is 18.4 Å². The molecule has 1 N–H and O–H groups in total. The molecule has 2 aromatic rings. The molecule has 1 amide bonds. The highest BCUT2D eigenvalue weighted by molar-refractivity contribution is 5.82. The Morgan fingerprint density at radius 2 is 2.09 bits per heavy atom. The summed E-state index contributed by atoms with van der Waals surface area (Å²) in [6, 6.07) is 8.32. The number of hydrogen-bond acceptors (Lipinski definition) is 5. The number of halogens is 1. The van der Waals surface area contributed by atoms with Crippen LogP contribution in [0.5, 0.6) is 11.5 Å². The number of benzene rings is 1. The maximum Gasteiger partial charge on any atom is 0.251 e. The molecular weight excluding hydrogens is 413 g/mol. The zero-order chi connectivity index (χ0) is 22.3. The second-order valence-corrected chi connectivity index (χ2v) is 7.77. The minimum Gasteiger partial charge on any atom is -0.453 e. The van der Waals surface area contributed by atoms with Gasteiger partial charge >= 0.3 is 0 Å². The average Bonchev–Trinajstić information content (AvgIpc) is 3.37. The highest BCUT2D eigenvalue weighted by atomic mass is 19.1. The van der Waals surface area contributed by atoms with Crippen LogP contribution in [0.3, 0.4) is 0 Å². The lowest BCUT2D eigenvalue weighted by Gasteiger charge is -2.37. The number of hydrogen-bond donors (Lipinski definition) is 1. The van der Waals surface area contributed by atoms with E-state index in [9.17, 15) is 9.18 Å². The molecule has 1 atom stereocenters. The SMILES string of the molecule is CN=C(NCc1ccc(Oc2cccnc2)c(F)c1)N1CCN(C(=O)C2CCCO2)CC1. The standard InChI is InChI=1S/C23H28FN5O3/c1-25-23(29-11-9-28(10-12-29)22(30)21-5-3-13-31-21)27-15-17-6-7-20(19(24)14-17)32-18-4-2-8-26-16-18/h2,4,6-8,14,16,21H,3,5,9-13,15H2,1H3,(H,25,27). The predicted octanol–water partition coefficient (Wildman–Crippen LogP) is 2.41. The molecule has 2 saturated heterocycles. The van der Waals surface area contributed by atoms with Gasteiger partial charge in [0.25, 0.3) is 5.91 Å². The number of ether oxygens (including phenoxy) is 2. The summed E-state index contributed by atoms with van der Waals surface area (Å²) in [5.41, 5.74) is 0.773. The second-order valence-electron chi connectivity index (χ2n) is 7.77. The molecule has 0 radical (unpaired) electrons. The molecule has 170 valence electrons. The first-order valence-electron chi connectivity index (χ1n) is 10.9. The van der Waals surface area contributed by atoms with E-state index in [1.807, 2.05) is 11.0 Å². The van der Waals surface area contributed by atoms with Crippen molar-refractivity contribution in [1.82, 2.24) is 20.1 Å². The van der Waals surface area contributed by atoms with E-state index < -0.39 is 5.82 Å². The summed E-state index contributed by atoms with van der Waals surface area (Å²) in [6.07, 6.45) is 4.65. The molecule has 32 heavy (non-hydrogen) atoms. The fourth-order valence-electron chi connectivity index (χ4n) is 3.90. The number of piperazine rings is 1. The zero-order valence-electron chi connectivity index (χ0n) is 18.2. The third-order valence-corrected chi connectivity index (χ3v) is 5.62. The van der Waals surface area contributed by atoms with Crippen molar-refractivity contribution in [3.05, 3.63) is 54.1 Å². The van der Waals surface area contributed by atoms with E-state index in [2.05, 4.69) is 20.2 Å². The van der Waals surface area contributed by atoms with E-state index >= 15 is 0 Å². The molecule has 2 fully saturated rings. The van der Waals surface area contributed by atoms with Gasteiger partial charge in [-0.1, -0.05) is 6.07 Å². The van der Waals surface area contributed by atoms with Crippen LogP contribution in [0, 0.1) is 5.82 Å². The third-order valence-electron chi connectivity index (χ3n) is 5.62. The fraction of sp³-hybridized carbons (Fsp3) is 0.435. The largest absolute Gasteiger partial charge is 0.453 e. The average molecular weight is 442 g/mol. The van der Waals surface area contributed by atoms with Gasteiger partial charge in [0.05, 0.1) is 6.20 Å². The molecule has 3 heterocycles. The molecule has 0 aliphatic carbocycles. The summed E-state index contributed by atoms with van der Waals surface area (Å²) in [4.78, 5) is 24.8. The van der Waals surface area contributed by atoms with Crippen LogP contribution in [0.4, 0.5) is 4.39 Å². The fourth-order valence-corrected chi connectivity index (χ4v) is 3.90. The molecule has 4 rings (SSSR count). The molecule has 0 saturated carbocycles. The number of pyridine rings is 1. The van der Waals surface area contributed by atoms with Gasteiger partial charge in [-0.15, -0.1) is 0 Å². The quantitative estimate of drug-likeness (QED) is 0.567. The van der Waals surface area contributed by atoms with Crippen LogP contribution in [-0.2, 0) is 16.1 Å². The van der Waals surface area contributed by atoms with Crippen LogP contribution >= 0.6 is 0 Å². The first kappa shape index (κ1) is 22.0. The second kappa shape index (κ2) is 10.4. The van der Waals surface area contributed by atoms with Crippen LogP contribution in [0.2, 0.25) is 0 Å². The van der Waals surface area contributed by atoms with Crippen LogP contribution < -0.4 is 10.1 Å². The van der Waals surface area contributed by atoms with E-state index in [1.165, 1.54) is 12.3 Å². The van der Waals surface area contributed by atoms with Crippen LogP contribution in [0.15, 0.2) is 47.7 Å². The Hall–Kier alpha value is -3.20. The first-order valence-corrected chi connectivity index (χ1v) is 10.9. The Balaban J connectivity index is 1.28. The summed E-state index contributed by atoms with van der Waals surface area (Å²) in [6.45, 7) is 3.73. The minimum atomic E-state index is -0.440. The molecule has 1 aromatic heterocycles. The summed E-state index contributed by atoms with van der Waals surface area (Å²) in [5.74, 6) is 1.01. The number of nitrogens with zero attached hydrogens (tertiary/aromatic N) is 4. The Morgan fingerprint density at radius 1 is 1.28 bits per heavy atom. The van der Waals surface area contributed by atoms with Gasteiger partial charge in [-0.2, -0.15) is 0 Å². The minimum absolute atomic E-state index is 0.0918. The van der Waals surface area contributed by atoms with Crippen molar-refractivity contribution >= 4 is 11.9 Å². The van der Waals surface area contributed by atoms with Crippen molar-refractivity contribution in [2.24, 2.45) is 4.99 Å². The van der Waals surface area contributed by atoms with Gasteiger partial charge < -0.3 is 24.6 Å². The molecule has 2 aliphatic heterocycles. The Bertz CT molecular complexity index is 942. The Morgan fingerprint density at radius 3 is 2.75 bits per heavy atom. The number of carbonyl (C=O) groups is 1. The highest BCUT2D eigenvalue weighted by Crippen LogP contribution is 2.24. The number of aromatic nitrogens is 1. The lowest BCUT2D eigenvalue weighted by Crippen LogP contribution is -2.55. The highest BCUT2D eigenvalue weighted by Gasteiger charge is 2.30. The summed E-state index contributed by atoms with van der Waals surface area (Å²) < 4.78 is 25.5. The Labute approximate surface area is 187 Å². The van der Waals surface area contributed by atoms with E-state index in [0.29, 0.717) is 45.1 Å². The van der Waals surface area contributed by atoms with Gasteiger partial charge in [0.2, 0.25) is 0 Å². The summed E-state index contributed by atoms with van der Waals surface area (Å²) in [5, 5.41) is 3.28. The lowest BCUT2D eigenvalue weighted by atomic mass is 10.2. The van der Waals surface area contributed by atoms with E-state index in [1.54, 1.807) is 31.4 Å². The number of rotatable bonds is 5. The molecule has 8 nitrogen and oxygen atoms in total. The molecule has 0 spiro atoms. The number of carbonyl (C=O) groups excluding carboxylic acids is 1. The van der Waals surface area contributed by atoms with Crippen molar-refractivity contribution in [3.63, 3.8) is 0 Å². The maximum absolute atomic E-state index is 14.5. The molecule has 2 aliphatic rings. The maximum atomic E-state index is 14.5. The van der Waals surface area contributed by atoms with E-state index in [4.69, 9.17) is 9.47 Å². The van der Waals surface area contributed by atoms with E-state index in [-0.39, 0.29) is 17.8 Å². The van der Waals surface area contributed by atoms with Crippen molar-refractivity contribution in [2.75, 3.05) is 39.8 Å². The normalized spacial score (nSPS) is 19.2. The Kier molecular flexibility index (Phi) is 7.16. The number of amides is 1. The summed E-state index contributed by atoms with van der Waals surface area (Å²) >= 11 is 0. The molecule has 9 heteroatoms. The topological polar surface area (TPSA) is 79.3 Å². The van der Waals surface area contributed by atoms with Crippen molar-refractivity contribution in [3.8, 4) is 11.5 Å². The molecule has 1 aromatic carbocycles. The van der Waals surface area contributed by atoms with Gasteiger partial charge in [0.15, 0.2) is 17.5 Å². The van der Waals surface area contributed by atoms with Gasteiger partial charge in [-0.05, 0) is 42.7 Å². The van der Waals surface area contributed by atoms with Crippen molar-refractivity contribution in [2.45, 2.75) is 25.5 Å². The summed E-state index contributed by atoms with van der Waals surface area (Å²) in [7, 11) is 1.72. The van der Waals surface area contributed by atoms with Crippen LogP contribution in [-0.4, -0.2) is 72.6 Å². The molecular formula is C23H28FN5O3. The van der Waals surface area contributed by atoms with Gasteiger partial charge in [-0.25, -0.2) is 4.39 Å². The van der Waals surface area contributed by atoms with Gasteiger partial charge in [0, 0.05) is 52.6 Å².